The number of para-hydroxylation sites is 1. The molecule has 114 valence electrons. The van der Waals surface area contributed by atoms with E-state index in [2.05, 4.69) is 10.2 Å². The number of likely N-dealkylation sites (tertiary alicyclic amines) is 1. The van der Waals surface area contributed by atoms with E-state index in [4.69, 9.17) is 0 Å². The molecule has 0 radical (unpaired) electrons. The zero-order valence-electron chi connectivity index (χ0n) is 12.3. The van der Waals surface area contributed by atoms with Crippen molar-refractivity contribution in [1.29, 1.82) is 0 Å². The number of piperidine rings is 1. The van der Waals surface area contributed by atoms with Gasteiger partial charge in [0, 0.05) is 24.2 Å². The van der Waals surface area contributed by atoms with Crippen LogP contribution in [0.3, 0.4) is 0 Å². The molecule has 1 aliphatic heterocycles. The average molecular weight is 289 g/mol. The zero-order chi connectivity index (χ0) is 14.7. The fraction of sp³-hybridized carbons (Fsp3) is 0.625. The Kier molecular flexibility index (Phi) is 4.51. The Hall–Kier alpha value is -1.46. The van der Waals surface area contributed by atoms with E-state index in [9.17, 15) is 10.1 Å². The summed E-state index contributed by atoms with van der Waals surface area (Å²) in [6, 6.07) is 7.71. The van der Waals surface area contributed by atoms with E-state index >= 15 is 0 Å². The third-order valence-electron chi connectivity index (χ3n) is 4.56. The van der Waals surface area contributed by atoms with Crippen molar-refractivity contribution in [2.75, 3.05) is 19.6 Å². The van der Waals surface area contributed by atoms with E-state index in [1.54, 1.807) is 12.1 Å². The predicted octanol–water partition coefficient (Wildman–Crippen LogP) is 2.56. The summed E-state index contributed by atoms with van der Waals surface area (Å²) in [5, 5.41) is 14.7. The molecule has 0 aromatic heterocycles. The van der Waals surface area contributed by atoms with E-state index in [-0.39, 0.29) is 10.6 Å². The molecule has 1 saturated carbocycles. The fourth-order valence-corrected chi connectivity index (χ4v) is 3.01. The number of benzene rings is 1. The summed E-state index contributed by atoms with van der Waals surface area (Å²) in [5.41, 5.74) is 1.07. The molecular formula is C16H23N3O2. The minimum Gasteiger partial charge on any atom is -0.314 e. The molecule has 0 spiro atoms. The first kappa shape index (κ1) is 14.5. The largest absolute Gasteiger partial charge is 0.314 e. The molecule has 2 fully saturated rings. The molecule has 1 N–H and O–H groups in total. The Balaban J connectivity index is 1.49. The van der Waals surface area contributed by atoms with Crippen LogP contribution >= 0.6 is 0 Å². The second kappa shape index (κ2) is 6.54. The summed E-state index contributed by atoms with van der Waals surface area (Å²) < 4.78 is 0. The van der Waals surface area contributed by atoms with Gasteiger partial charge in [0.1, 0.15) is 0 Å². The molecule has 1 saturated heterocycles. The minimum absolute atomic E-state index is 0.242. The molecule has 21 heavy (non-hydrogen) atoms. The molecule has 1 aromatic carbocycles. The Labute approximate surface area is 125 Å². The van der Waals surface area contributed by atoms with Gasteiger partial charge in [0.2, 0.25) is 0 Å². The van der Waals surface area contributed by atoms with Gasteiger partial charge in [-0.2, -0.15) is 0 Å². The van der Waals surface area contributed by atoms with Crippen LogP contribution < -0.4 is 5.32 Å². The molecule has 1 aliphatic carbocycles. The Morgan fingerprint density at radius 1 is 1.19 bits per heavy atom. The van der Waals surface area contributed by atoms with Crippen LogP contribution in [-0.4, -0.2) is 35.5 Å². The monoisotopic (exact) mass is 289 g/mol. The van der Waals surface area contributed by atoms with Gasteiger partial charge in [-0.3, -0.25) is 15.0 Å². The fourth-order valence-electron chi connectivity index (χ4n) is 3.01. The van der Waals surface area contributed by atoms with Gasteiger partial charge in [-0.05, 0) is 51.2 Å². The van der Waals surface area contributed by atoms with E-state index in [0.717, 1.165) is 37.4 Å². The van der Waals surface area contributed by atoms with Crippen LogP contribution in [-0.2, 0) is 6.54 Å². The van der Waals surface area contributed by atoms with Crippen LogP contribution in [0.4, 0.5) is 5.69 Å². The van der Waals surface area contributed by atoms with Crippen LogP contribution in [0.5, 0.6) is 0 Å². The molecule has 0 bridgehead atoms. The summed E-state index contributed by atoms with van der Waals surface area (Å²) in [6.07, 6.45) is 5.08. The highest BCUT2D eigenvalue weighted by molar-refractivity contribution is 5.39. The van der Waals surface area contributed by atoms with Gasteiger partial charge in [-0.25, -0.2) is 0 Å². The lowest BCUT2D eigenvalue weighted by atomic mass is 10.0. The first-order valence-electron chi connectivity index (χ1n) is 7.90. The van der Waals surface area contributed by atoms with Crippen LogP contribution in [0.2, 0.25) is 0 Å². The number of nitro benzene ring substituents is 1. The van der Waals surface area contributed by atoms with Crippen LogP contribution in [0.15, 0.2) is 24.3 Å². The lowest BCUT2D eigenvalue weighted by molar-refractivity contribution is -0.385. The van der Waals surface area contributed by atoms with Gasteiger partial charge in [-0.15, -0.1) is 0 Å². The Morgan fingerprint density at radius 3 is 2.57 bits per heavy atom. The molecular weight excluding hydrogens is 266 g/mol. The highest BCUT2D eigenvalue weighted by Gasteiger charge is 2.25. The van der Waals surface area contributed by atoms with Crippen molar-refractivity contribution >= 4 is 5.69 Å². The third kappa shape index (κ3) is 4.02. The topological polar surface area (TPSA) is 58.4 Å². The van der Waals surface area contributed by atoms with Gasteiger partial charge in [0.05, 0.1) is 4.92 Å². The summed E-state index contributed by atoms with van der Waals surface area (Å²) >= 11 is 0. The third-order valence-corrected chi connectivity index (χ3v) is 4.56. The number of nitro groups is 1. The Bertz CT molecular complexity index is 494. The quantitative estimate of drug-likeness (QED) is 0.646. The molecule has 3 rings (SSSR count). The van der Waals surface area contributed by atoms with Gasteiger partial charge < -0.3 is 5.32 Å². The maximum Gasteiger partial charge on any atom is 0.273 e. The van der Waals surface area contributed by atoms with Crippen molar-refractivity contribution < 1.29 is 4.92 Å². The standard InChI is InChI=1S/C16H23N3O2/c20-19(21)16-4-2-1-3-14(16)12-18-9-7-15(8-10-18)17-11-13-5-6-13/h1-4,13,15,17H,5-12H2. The molecule has 0 atom stereocenters. The number of nitrogens with one attached hydrogen (secondary N) is 1. The summed E-state index contributed by atoms with van der Waals surface area (Å²) in [4.78, 5) is 13.1. The van der Waals surface area contributed by atoms with Crippen LogP contribution in [0, 0.1) is 16.0 Å². The van der Waals surface area contributed by atoms with Gasteiger partial charge >= 0.3 is 0 Å². The van der Waals surface area contributed by atoms with Gasteiger partial charge in [0.25, 0.3) is 5.69 Å². The van der Waals surface area contributed by atoms with Crippen molar-refractivity contribution in [2.45, 2.75) is 38.3 Å². The second-order valence-electron chi connectivity index (χ2n) is 6.29. The molecule has 0 unspecified atom stereocenters. The first-order valence-corrected chi connectivity index (χ1v) is 7.90. The minimum atomic E-state index is -0.278. The van der Waals surface area contributed by atoms with Crippen LogP contribution in [0.1, 0.15) is 31.2 Å². The van der Waals surface area contributed by atoms with Crippen LogP contribution in [0.25, 0.3) is 0 Å². The smallest absolute Gasteiger partial charge is 0.273 e. The Morgan fingerprint density at radius 2 is 1.90 bits per heavy atom. The molecule has 5 nitrogen and oxygen atoms in total. The van der Waals surface area contributed by atoms with E-state index < -0.39 is 0 Å². The highest BCUT2D eigenvalue weighted by Crippen LogP contribution is 2.28. The molecule has 1 aromatic rings. The molecule has 5 heteroatoms. The van der Waals surface area contributed by atoms with Gasteiger partial charge in [-0.1, -0.05) is 18.2 Å². The first-order chi connectivity index (χ1) is 10.2. The molecule has 2 aliphatic rings. The van der Waals surface area contributed by atoms with E-state index in [0.29, 0.717) is 12.6 Å². The summed E-state index contributed by atoms with van der Waals surface area (Å²) in [7, 11) is 0. The lowest BCUT2D eigenvalue weighted by Gasteiger charge is -2.32. The number of rotatable bonds is 6. The predicted molar refractivity (Wildman–Crippen MR) is 82.1 cm³/mol. The number of hydrogen-bond acceptors (Lipinski definition) is 4. The van der Waals surface area contributed by atoms with Crippen molar-refractivity contribution in [1.82, 2.24) is 10.2 Å². The molecule has 0 amide bonds. The normalized spacial score (nSPS) is 20.6. The van der Waals surface area contributed by atoms with Crippen molar-refractivity contribution in [2.24, 2.45) is 5.92 Å². The summed E-state index contributed by atoms with van der Waals surface area (Å²) in [5.74, 6) is 0.926. The van der Waals surface area contributed by atoms with Gasteiger partial charge in [0.15, 0.2) is 0 Å². The second-order valence-corrected chi connectivity index (χ2v) is 6.29. The van der Waals surface area contributed by atoms with E-state index in [1.165, 1.54) is 19.4 Å². The maximum atomic E-state index is 11.0. The SMILES string of the molecule is O=[N+]([O-])c1ccccc1CN1CCC(NCC2CC2)CC1. The summed E-state index contributed by atoms with van der Waals surface area (Å²) in [6.45, 7) is 3.91. The number of hydrogen-bond donors (Lipinski definition) is 1. The highest BCUT2D eigenvalue weighted by atomic mass is 16.6. The van der Waals surface area contributed by atoms with Crippen molar-refractivity contribution in [3.8, 4) is 0 Å². The van der Waals surface area contributed by atoms with Crippen molar-refractivity contribution in [3.63, 3.8) is 0 Å². The van der Waals surface area contributed by atoms with E-state index in [1.807, 2.05) is 12.1 Å². The lowest BCUT2D eigenvalue weighted by Crippen LogP contribution is -2.42. The zero-order valence-corrected chi connectivity index (χ0v) is 12.3. The maximum absolute atomic E-state index is 11.0. The van der Waals surface area contributed by atoms with Crippen molar-refractivity contribution in [3.05, 3.63) is 39.9 Å². The molecule has 1 heterocycles. The number of nitrogens with zero attached hydrogens (tertiary/aromatic N) is 2. The average Bonchev–Trinajstić information content (AvgIpc) is 3.31.